The molecule has 1 amide bonds. The zero-order valence-electron chi connectivity index (χ0n) is 10.9. The van der Waals surface area contributed by atoms with E-state index in [0.717, 1.165) is 6.07 Å². The molecular formula is C13H18FN3O2. The Labute approximate surface area is 111 Å². The summed E-state index contributed by atoms with van der Waals surface area (Å²) < 4.78 is 19.0. The van der Waals surface area contributed by atoms with Crippen LogP contribution in [0.5, 0.6) is 5.75 Å². The van der Waals surface area contributed by atoms with Gasteiger partial charge in [-0.25, -0.2) is 4.39 Å². The van der Waals surface area contributed by atoms with E-state index >= 15 is 0 Å². The van der Waals surface area contributed by atoms with E-state index in [1.807, 2.05) is 7.05 Å². The maximum Gasteiger partial charge on any atom is 0.250 e. The minimum absolute atomic E-state index is 0.00666. The number of carbonyl (C=O) groups excluding carboxylic acids is 1. The molecule has 6 heteroatoms. The molecule has 1 saturated carbocycles. The predicted molar refractivity (Wildman–Crippen MR) is 70.5 cm³/mol. The highest BCUT2D eigenvalue weighted by atomic mass is 19.1. The maximum absolute atomic E-state index is 13.6. The van der Waals surface area contributed by atoms with Crippen LogP contribution >= 0.6 is 0 Å². The van der Waals surface area contributed by atoms with Crippen LogP contribution in [0.15, 0.2) is 12.1 Å². The van der Waals surface area contributed by atoms with Gasteiger partial charge >= 0.3 is 0 Å². The first-order chi connectivity index (χ1) is 8.99. The summed E-state index contributed by atoms with van der Waals surface area (Å²) in [5, 5.41) is 0. The Bertz CT molecular complexity index is 489. The molecule has 0 spiro atoms. The van der Waals surface area contributed by atoms with E-state index in [2.05, 4.69) is 4.90 Å². The van der Waals surface area contributed by atoms with Crippen LogP contribution in [0.2, 0.25) is 0 Å². The number of amides is 1. The number of ether oxygens (including phenoxy) is 1. The molecule has 2 rings (SSSR count). The number of benzene rings is 1. The van der Waals surface area contributed by atoms with E-state index in [1.54, 1.807) is 0 Å². The molecule has 0 heterocycles. The molecule has 1 aliphatic carbocycles. The lowest BCUT2D eigenvalue weighted by atomic mass is 10.1. The van der Waals surface area contributed by atoms with E-state index in [9.17, 15) is 9.18 Å². The molecular weight excluding hydrogens is 249 g/mol. The van der Waals surface area contributed by atoms with Gasteiger partial charge in [-0.1, -0.05) is 0 Å². The van der Waals surface area contributed by atoms with E-state index in [1.165, 1.54) is 18.9 Å². The Balaban J connectivity index is 1.98. The highest BCUT2D eigenvalue weighted by Gasteiger charge is 2.25. The highest BCUT2D eigenvalue weighted by Crippen LogP contribution is 2.26. The summed E-state index contributed by atoms with van der Waals surface area (Å²) in [4.78, 5) is 13.3. The Kier molecular flexibility index (Phi) is 3.90. The standard InChI is InChI=1S/C13H18FN3O2/c1-17(8-2-3-8)4-5-19-12-6-9(13(16)18)11(15)7-10(12)14/h6-8H,2-5,15H2,1H3,(H2,16,18). The Morgan fingerprint density at radius 2 is 2.21 bits per heavy atom. The van der Waals surface area contributed by atoms with Crippen molar-refractivity contribution >= 4 is 11.6 Å². The topological polar surface area (TPSA) is 81.6 Å². The van der Waals surface area contributed by atoms with Crippen molar-refractivity contribution in [3.63, 3.8) is 0 Å². The number of likely N-dealkylation sites (N-methyl/N-ethyl adjacent to an activating group) is 1. The fourth-order valence-corrected chi connectivity index (χ4v) is 1.89. The fraction of sp³-hybridized carbons (Fsp3) is 0.462. The fourth-order valence-electron chi connectivity index (χ4n) is 1.89. The smallest absolute Gasteiger partial charge is 0.250 e. The van der Waals surface area contributed by atoms with Crippen molar-refractivity contribution < 1.29 is 13.9 Å². The molecule has 1 aromatic carbocycles. The molecule has 1 aromatic rings. The zero-order valence-corrected chi connectivity index (χ0v) is 10.9. The minimum atomic E-state index is -0.697. The van der Waals surface area contributed by atoms with Gasteiger partial charge in [0.25, 0.3) is 5.91 Å². The Morgan fingerprint density at radius 3 is 2.79 bits per heavy atom. The number of nitrogen functional groups attached to an aromatic ring is 1. The Morgan fingerprint density at radius 1 is 1.53 bits per heavy atom. The average molecular weight is 267 g/mol. The van der Waals surface area contributed by atoms with Gasteiger partial charge in [0.05, 0.1) is 5.56 Å². The summed E-state index contributed by atoms with van der Waals surface area (Å²) >= 11 is 0. The van der Waals surface area contributed by atoms with E-state index in [4.69, 9.17) is 16.2 Å². The van der Waals surface area contributed by atoms with Crippen LogP contribution in [-0.4, -0.2) is 37.0 Å². The molecule has 0 unspecified atom stereocenters. The molecule has 4 N–H and O–H groups in total. The van der Waals surface area contributed by atoms with Crippen molar-refractivity contribution in [3.05, 3.63) is 23.5 Å². The van der Waals surface area contributed by atoms with Crippen LogP contribution in [0.25, 0.3) is 0 Å². The van der Waals surface area contributed by atoms with Crippen LogP contribution in [0.1, 0.15) is 23.2 Å². The third kappa shape index (κ3) is 3.35. The molecule has 1 aliphatic rings. The van der Waals surface area contributed by atoms with Crippen LogP contribution < -0.4 is 16.2 Å². The summed E-state index contributed by atoms with van der Waals surface area (Å²) in [5.74, 6) is -1.28. The van der Waals surface area contributed by atoms with Crippen molar-refractivity contribution in [2.45, 2.75) is 18.9 Å². The number of halogens is 1. The number of hydrogen-bond acceptors (Lipinski definition) is 4. The molecule has 0 atom stereocenters. The van der Waals surface area contributed by atoms with Crippen LogP contribution in [0.3, 0.4) is 0 Å². The molecule has 0 radical (unpaired) electrons. The summed E-state index contributed by atoms with van der Waals surface area (Å²) in [6, 6.07) is 2.94. The molecule has 0 aliphatic heterocycles. The summed E-state index contributed by atoms with van der Waals surface area (Å²) in [7, 11) is 2.01. The van der Waals surface area contributed by atoms with Crippen LogP contribution in [0.4, 0.5) is 10.1 Å². The quantitative estimate of drug-likeness (QED) is 0.753. The van der Waals surface area contributed by atoms with Gasteiger partial charge in [0.2, 0.25) is 0 Å². The normalized spacial score (nSPS) is 14.7. The van der Waals surface area contributed by atoms with Crippen LogP contribution in [-0.2, 0) is 0 Å². The minimum Gasteiger partial charge on any atom is -0.489 e. The number of anilines is 1. The van der Waals surface area contributed by atoms with Gasteiger partial charge in [0.15, 0.2) is 11.6 Å². The van der Waals surface area contributed by atoms with Crippen molar-refractivity contribution in [1.29, 1.82) is 0 Å². The molecule has 1 fully saturated rings. The third-order valence-electron chi connectivity index (χ3n) is 3.24. The third-order valence-corrected chi connectivity index (χ3v) is 3.24. The van der Waals surface area contributed by atoms with Crippen LogP contribution in [0, 0.1) is 5.82 Å². The maximum atomic E-state index is 13.6. The van der Waals surface area contributed by atoms with Crippen molar-refractivity contribution in [3.8, 4) is 5.75 Å². The second-order valence-corrected chi connectivity index (χ2v) is 4.79. The van der Waals surface area contributed by atoms with E-state index in [0.29, 0.717) is 19.2 Å². The second-order valence-electron chi connectivity index (χ2n) is 4.79. The molecule has 0 aromatic heterocycles. The second kappa shape index (κ2) is 5.44. The average Bonchev–Trinajstić information content (AvgIpc) is 3.15. The number of nitrogens with zero attached hydrogens (tertiary/aromatic N) is 1. The van der Waals surface area contributed by atoms with Gasteiger partial charge in [0, 0.05) is 24.3 Å². The van der Waals surface area contributed by atoms with Gasteiger partial charge in [-0.15, -0.1) is 0 Å². The largest absolute Gasteiger partial charge is 0.489 e. The first kappa shape index (κ1) is 13.6. The van der Waals surface area contributed by atoms with Gasteiger partial charge < -0.3 is 21.1 Å². The van der Waals surface area contributed by atoms with E-state index in [-0.39, 0.29) is 17.0 Å². The van der Waals surface area contributed by atoms with Gasteiger partial charge in [-0.05, 0) is 26.0 Å². The number of hydrogen-bond donors (Lipinski definition) is 2. The number of primary amides is 1. The van der Waals surface area contributed by atoms with Gasteiger partial charge in [-0.3, -0.25) is 4.79 Å². The molecule has 19 heavy (non-hydrogen) atoms. The number of carbonyl (C=O) groups is 1. The Hall–Kier alpha value is -1.82. The van der Waals surface area contributed by atoms with Crippen molar-refractivity contribution in [1.82, 2.24) is 4.90 Å². The van der Waals surface area contributed by atoms with Crippen molar-refractivity contribution in [2.24, 2.45) is 5.73 Å². The SMILES string of the molecule is CN(CCOc1cc(C(N)=O)c(N)cc1F)C1CC1. The number of nitrogens with two attached hydrogens (primary N) is 2. The van der Waals surface area contributed by atoms with E-state index < -0.39 is 11.7 Å². The summed E-state index contributed by atoms with van der Waals surface area (Å²) in [6.45, 7) is 1.06. The molecule has 0 saturated heterocycles. The first-order valence-electron chi connectivity index (χ1n) is 6.21. The molecule has 104 valence electrons. The van der Waals surface area contributed by atoms with Gasteiger partial charge in [-0.2, -0.15) is 0 Å². The lowest BCUT2D eigenvalue weighted by molar-refractivity contribution is 0.100. The highest BCUT2D eigenvalue weighted by molar-refractivity contribution is 5.98. The predicted octanol–water partition coefficient (Wildman–Crippen LogP) is 0.980. The molecule has 5 nitrogen and oxygen atoms in total. The molecule has 0 bridgehead atoms. The lowest BCUT2D eigenvalue weighted by Gasteiger charge is -2.16. The summed E-state index contributed by atoms with van der Waals surface area (Å²) in [6.07, 6.45) is 2.41. The van der Waals surface area contributed by atoms with Gasteiger partial charge in [0.1, 0.15) is 6.61 Å². The summed E-state index contributed by atoms with van der Waals surface area (Å²) in [5.41, 5.74) is 10.8. The monoisotopic (exact) mass is 267 g/mol. The number of rotatable bonds is 6. The van der Waals surface area contributed by atoms with Crippen molar-refractivity contribution in [2.75, 3.05) is 25.9 Å². The lowest BCUT2D eigenvalue weighted by Crippen LogP contribution is -2.26. The first-order valence-corrected chi connectivity index (χ1v) is 6.21. The zero-order chi connectivity index (χ0) is 14.0.